The molecule has 0 unspecified atom stereocenters. The molecule has 0 fully saturated rings. The Bertz CT molecular complexity index is 2400. The Morgan fingerprint density at radius 3 is 1.45 bits per heavy atom. The predicted octanol–water partition coefficient (Wildman–Crippen LogP) is 2.46. The summed E-state index contributed by atoms with van der Waals surface area (Å²) in [5, 5.41) is 52.0. The van der Waals surface area contributed by atoms with E-state index in [0.29, 0.717) is 50.8 Å². The Labute approximate surface area is 513 Å². The minimum absolute atomic E-state index is 0.00507. The highest BCUT2D eigenvalue weighted by Crippen LogP contribution is 2.17. The van der Waals surface area contributed by atoms with Gasteiger partial charge in [-0.1, -0.05) is 74.8 Å². The first-order valence-electron chi connectivity index (χ1n) is 30.1. The van der Waals surface area contributed by atoms with E-state index in [0.717, 1.165) is 31.3 Å². The van der Waals surface area contributed by atoms with E-state index < -0.39 is 120 Å². The largest absolute Gasteiger partial charge is 0.480 e. The Kier molecular flexibility index (Phi) is 39.1. The fraction of sp³-hybridized carbons (Fsp3) is 0.656. The van der Waals surface area contributed by atoms with Crippen molar-refractivity contribution in [2.75, 3.05) is 43.5 Å². The SMILES string of the molecule is CC(C)=CCC/C(C)=C/CC/C(C)=C/CSC[C@H](NC(=O)[C@H](CCCCN)NC(=O)[C@@H](NC(=O)[C@H](CCCCN)NC(=O)[C@H](CO)NC(=O)[C@H](CCCCN)NC(=O)c1ccccc1N)[C@@H](C)O)C(=O)N[C@H](C(=O)N[C@@H](CC(C)C)C(=O)O)C(C)C. The second-order valence-corrected chi connectivity index (χ2v) is 24.0. The van der Waals surface area contributed by atoms with Crippen LogP contribution in [0.5, 0.6) is 0 Å². The minimum atomic E-state index is -1.73. The van der Waals surface area contributed by atoms with Crippen LogP contribution in [0.15, 0.2) is 59.2 Å². The number of aliphatic hydroxyl groups is 2. The molecule has 86 heavy (non-hydrogen) atoms. The van der Waals surface area contributed by atoms with Gasteiger partial charge < -0.3 is 80.8 Å². The number of para-hydroxylation sites is 1. The van der Waals surface area contributed by atoms with E-state index in [2.05, 4.69) is 75.5 Å². The molecule has 9 atom stereocenters. The molecule has 0 radical (unpaired) electrons. The highest BCUT2D eigenvalue weighted by atomic mass is 32.2. The van der Waals surface area contributed by atoms with E-state index in [1.165, 1.54) is 42.0 Å². The van der Waals surface area contributed by atoms with Crippen molar-refractivity contribution in [1.29, 1.82) is 0 Å². The number of unbranched alkanes of at least 4 members (excludes halogenated alkanes) is 3. The first-order valence-corrected chi connectivity index (χ1v) is 31.3. The lowest BCUT2D eigenvalue weighted by atomic mass is 10.00. The van der Waals surface area contributed by atoms with E-state index in [1.807, 2.05) is 26.8 Å². The zero-order valence-electron chi connectivity index (χ0n) is 52.3. The van der Waals surface area contributed by atoms with E-state index in [9.17, 15) is 58.5 Å². The molecule has 0 spiro atoms. The Balaban J connectivity index is 3.54. The van der Waals surface area contributed by atoms with E-state index in [1.54, 1.807) is 26.0 Å². The number of benzene rings is 1. The quantitative estimate of drug-likeness (QED) is 0.0253. The van der Waals surface area contributed by atoms with Crippen molar-refractivity contribution in [2.24, 2.45) is 29.0 Å². The van der Waals surface area contributed by atoms with Crippen molar-refractivity contribution in [3.8, 4) is 0 Å². The number of aliphatic carboxylic acids is 1. The number of nitrogen functional groups attached to an aromatic ring is 1. The van der Waals surface area contributed by atoms with Gasteiger partial charge in [-0.05, 0) is 168 Å². The fourth-order valence-electron chi connectivity index (χ4n) is 8.81. The third-order valence-corrected chi connectivity index (χ3v) is 14.9. The van der Waals surface area contributed by atoms with Crippen molar-refractivity contribution in [2.45, 2.75) is 207 Å². The molecule has 0 aliphatic heterocycles. The molecule has 0 heterocycles. The van der Waals surface area contributed by atoms with Gasteiger partial charge >= 0.3 is 5.97 Å². The highest BCUT2D eigenvalue weighted by molar-refractivity contribution is 7.99. The number of carbonyl (C=O) groups excluding carboxylic acids is 8. The first kappa shape index (κ1) is 77.6. The number of nitrogens with one attached hydrogen (secondary N) is 8. The average molecular weight is 1230 g/mol. The van der Waals surface area contributed by atoms with Gasteiger partial charge in [0.1, 0.15) is 48.3 Å². The summed E-state index contributed by atoms with van der Waals surface area (Å²) in [7, 11) is 0. The molecule has 25 heteroatoms. The molecular weight excluding hydrogens is 1120 g/mol. The highest BCUT2D eigenvalue weighted by Gasteiger charge is 2.36. The van der Waals surface area contributed by atoms with Crippen molar-refractivity contribution < 1.29 is 58.5 Å². The number of thioether (sulfide) groups is 1. The van der Waals surface area contributed by atoms with Crippen LogP contribution in [0.1, 0.15) is 163 Å². The molecule has 0 saturated heterocycles. The zero-order valence-corrected chi connectivity index (χ0v) is 53.1. The Hall–Kier alpha value is -6.38. The van der Waals surface area contributed by atoms with Gasteiger partial charge in [0.05, 0.1) is 18.3 Å². The van der Waals surface area contributed by atoms with Gasteiger partial charge in [0, 0.05) is 17.2 Å². The maximum absolute atomic E-state index is 14.5. The van der Waals surface area contributed by atoms with Crippen molar-refractivity contribution in [3.63, 3.8) is 0 Å². The van der Waals surface area contributed by atoms with Crippen LogP contribution < -0.4 is 65.5 Å². The van der Waals surface area contributed by atoms with Gasteiger partial charge in [0.15, 0.2) is 0 Å². The summed E-state index contributed by atoms with van der Waals surface area (Å²) in [6.07, 6.45) is 11.0. The van der Waals surface area contributed by atoms with E-state index >= 15 is 0 Å². The van der Waals surface area contributed by atoms with Gasteiger partial charge in [-0.2, -0.15) is 11.8 Å². The van der Waals surface area contributed by atoms with Gasteiger partial charge in [-0.25, -0.2) is 4.79 Å². The van der Waals surface area contributed by atoms with Crippen LogP contribution in [0.4, 0.5) is 5.69 Å². The molecule has 486 valence electrons. The van der Waals surface area contributed by atoms with E-state index in [4.69, 9.17) is 22.9 Å². The summed E-state index contributed by atoms with van der Waals surface area (Å²) in [5.74, 6) is -8.09. The van der Waals surface area contributed by atoms with Crippen molar-refractivity contribution >= 4 is 70.7 Å². The van der Waals surface area contributed by atoms with Crippen LogP contribution >= 0.6 is 11.8 Å². The van der Waals surface area contributed by atoms with Crippen LogP contribution in [-0.4, -0.2) is 161 Å². The number of rotatable bonds is 44. The summed E-state index contributed by atoms with van der Waals surface area (Å²) < 4.78 is 0. The standard InChI is InChI=1S/C61H104N12O12S/c1-37(2)20-18-21-40(7)22-19-23-41(8)29-33-86-36-50(58(81)72-51(39(5)6)59(82)69-48(61(84)85)34-38(3)4)71-55(78)46(27-13-16-31-63)68-60(83)52(42(9)75)73-56(79)47(28-14-17-32-64)67-57(80)49(35-74)70-54(77)45(26-12-15-30-62)66-53(76)43-24-10-11-25-44(43)65/h10-11,20,22,24-25,29,38-39,42,45-52,74-75H,12-19,21,23,26-28,30-36,62-65H2,1-9H3,(H,66,76)(H,67,80)(H,68,83)(H,69,82)(H,70,77)(H,71,78)(H,72,81)(H,73,79)(H,84,85)/b40-22+,41-29+/t42-,45+,46+,47+,48+,49+,50+,51+,52+/m1/s1. The number of allylic oxidation sites excluding steroid dienone is 5. The summed E-state index contributed by atoms with van der Waals surface area (Å²) in [4.78, 5) is 124. The monoisotopic (exact) mass is 1230 g/mol. The topological polar surface area (TPSA) is 415 Å². The third-order valence-electron chi connectivity index (χ3n) is 14.0. The molecule has 1 rings (SSSR count). The lowest BCUT2D eigenvalue weighted by molar-refractivity contribution is -0.143. The van der Waals surface area contributed by atoms with Gasteiger partial charge in [-0.15, -0.1) is 0 Å². The van der Waals surface area contributed by atoms with Gasteiger partial charge in [0.25, 0.3) is 5.91 Å². The average Bonchev–Trinajstić information content (AvgIpc) is 3.12. The number of nitrogens with two attached hydrogens (primary N) is 4. The van der Waals surface area contributed by atoms with Crippen LogP contribution in [0.25, 0.3) is 0 Å². The lowest BCUT2D eigenvalue weighted by Crippen LogP contribution is -2.62. The van der Waals surface area contributed by atoms with Gasteiger partial charge in [0.2, 0.25) is 41.4 Å². The molecule has 1 aromatic carbocycles. The van der Waals surface area contributed by atoms with Crippen LogP contribution in [0.3, 0.4) is 0 Å². The second kappa shape index (κ2) is 43.3. The molecule has 24 nitrogen and oxygen atoms in total. The molecule has 0 aliphatic rings. The van der Waals surface area contributed by atoms with Gasteiger partial charge in [-0.3, -0.25) is 38.4 Å². The Morgan fingerprint density at radius 1 is 0.535 bits per heavy atom. The number of hydrogen-bond acceptors (Lipinski definition) is 16. The molecule has 0 bridgehead atoms. The molecule has 1 aromatic rings. The maximum Gasteiger partial charge on any atom is 0.326 e. The molecule has 0 aliphatic carbocycles. The third kappa shape index (κ3) is 31.3. The summed E-state index contributed by atoms with van der Waals surface area (Å²) in [5.41, 5.74) is 27.2. The van der Waals surface area contributed by atoms with E-state index in [-0.39, 0.29) is 61.7 Å². The summed E-state index contributed by atoms with van der Waals surface area (Å²) in [6.45, 7) is 16.3. The van der Waals surface area contributed by atoms with Crippen LogP contribution in [-0.2, 0) is 38.4 Å². The first-order chi connectivity index (χ1) is 40.7. The predicted molar refractivity (Wildman–Crippen MR) is 338 cm³/mol. The van der Waals surface area contributed by atoms with Crippen LogP contribution in [0.2, 0.25) is 0 Å². The normalized spacial score (nSPS) is 14.9. The number of carboxylic acids is 1. The number of carbonyl (C=O) groups is 9. The number of anilines is 1. The number of carboxylic acid groups (broad SMARTS) is 1. The lowest BCUT2D eigenvalue weighted by Gasteiger charge is -2.29. The molecule has 8 amide bonds. The minimum Gasteiger partial charge on any atom is -0.480 e. The zero-order chi connectivity index (χ0) is 64.9. The summed E-state index contributed by atoms with van der Waals surface area (Å²) >= 11 is 1.34. The smallest absolute Gasteiger partial charge is 0.326 e. The molecule has 0 aromatic heterocycles. The molecular formula is C61H104N12O12S. The Morgan fingerprint density at radius 2 is 0.965 bits per heavy atom. The summed E-state index contributed by atoms with van der Waals surface area (Å²) in [6, 6.07) is -4.83. The number of aliphatic hydroxyl groups excluding tert-OH is 2. The molecule has 0 saturated carbocycles. The second-order valence-electron chi connectivity index (χ2n) is 22.9. The fourth-order valence-corrected chi connectivity index (χ4v) is 9.82. The number of amides is 8. The van der Waals surface area contributed by atoms with Crippen LogP contribution in [0, 0.1) is 11.8 Å². The van der Waals surface area contributed by atoms with Crippen molar-refractivity contribution in [3.05, 3.63) is 64.8 Å². The maximum atomic E-state index is 14.5. The molecule has 19 N–H and O–H groups in total. The van der Waals surface area contributed by atoms with Crippen molar-refractivity contribution in [1.82, 2.24) is 42.5 Å². The number of hydrogen-bond donors (Lipinski definition) is 15.